The molecule has 0 saturated carbocycles. The molecule has 78 valence electrons. The highest BCUT2D eigenvalue weighted by Gasteiger charge is 2.03. The molecule has 0 aromatic carbocycles. The number of nitrogens with two attached hydrogens (primary N) is 1. The van der Waals surface area contributed by atoms with Gasteiger partial charge in [0.05, 0.1) is 5.69 Å². The molecule has 2 rings (SSSR count). The highest BCUT2D eigenvalue weighted by atomic mass is 35.5. The highest BCUT2D eigenvalue weighted by molar-refractivity contribution is 7.98. The van der Waals surface area contributed by atoms with E-state index in [2.05, 4.69) is 9.97 Å². The van der Waals surface area contributed by atoms with Gasteiger partial charge in [0.1, 0.15) is 5.03 Å². The Kier molecular flexibility index (Phi) is 3.45. The van der Waals surface area contributed by atoms with Crippen molar-refractivity contribution in [1.29, 1.82) is 0 Å². The number of thiazole rings is 1. The van der Waals surface area contributed by atoms with Gasteiger partial charge >= 0.3 is 0 Å². The zero-order valence-electron chi connectivity index (χ0n) is 7.68. The molecule has 0 saturated heterocycles. The summed E-state index contributed by atoms with van der Waals surface area (Å²) in [7, 11) is 0. The van der Waals surface area contributed by atoms with E-state index in [-0.39, 0.29) is 0 Å². The Hall–Kier alpha value is -0.780. The zero-order chi connectivity index (χ0) is 10.7. The number of halogens is 1. The van der Waals surface area contributed by atoms with Crippen LogP contribution in [0.15, 0.2) is 29.6 Å². The Labute approximate surface area is 101 Å². The number of rotatable bonds is 3. The van der Waals surface area contributed by atoms with Crippen LogP contribution in [0.5, 0.6) is 0 Å². The molecule has 0 amide bonds. The molecule has 0 unspecified atom stereocenters. The second-order valence-electron chi connectivity index (χ2n) is 2.77. The molecule has 0 aliphatic rings. The number of thioether (sulfide) groups is 1. The predicted octanol–water partition coefficient (Wildman–Crippen LogP) is 3.07. The van der Waals surface area contributed by atoms with E-state index in [1.165, 1.54) is 11.3 Å². The summed E-state index contributed by atoms with van der Waals surface area (Å²) in [4.78, 5) is 9.28. The van der Waals surface area contributed by atoms with E-state index in [4.69, 9.17) is 17.3 Å². The van der Waals surface area contributed by atoms with Gasteiger partial charge in [-0.2, -0.15) is 0 Å². The number of nitrogens with zero attached hydrogens (tertiary/aromatic N) is 2. The van der Waals surface area contributed by atoms with Crippen LogP contribution in [0.25, 0.3) is 0 Å². The summed E-state index contributed by atoms with van der Waals surface area (Å²) < 4.78 is 0.569. The SMILES string of the molecule is Nc1cccnc1SCc1cnc(Cl)s1. The maximum Gasteiger partial charge on any atom is 0.183 e. The summed E-state index contributed by atoms with van der Waals surface area (Å²) in [6.07, 6.45) is 3.51. The van der Waals surface area contributed by atoms with Crippen molar-refractivity contribution in [1.82, 2.24) is 9.97 Å². The minimum absolute atomic E-state index is 0.569. The number of pyridine rings is 1. The van der Waals surface area contributed by atoms with E-state index >= 15 is 0 Å². The van der Waals surface area contributed by atoms with E-state index < -0.39 is 0 Å². The minimum Gasteiger partial charge on any atom is -0.397 e. The Balaban J connectivity index is 2.02. The number of aromatic nitrogens is 2. The van der Waals surface area contributed by atoms with Gasteiger partial charge in [-0.05, 0) is 12.1 Å². The first-order valence-corrected chi connectivity index (χ1v) is 6.37. The van der Waals surface area contributed by atoms with Crippen LogP contribution in [0.1, 0.15) is 4.88 Å². The Morgan fingerprint density at radius 2 is 2.33 bits per heavy atom. The minimum atomic E-state index is 0.569. The third-order valence-corrected chi connectivity index (χ3v) is 4.04. The lowest BCUT2D eigenvalue weighted by molar-refractivity contribution is 1.14. The third kappa shape index (κ3) is 2.84. The summed E-state index contributed by atoms with van der Waals surface area (Å²) in [5.74, 6) is 0.797. The van der Waals surface area contributed by atoms with E-state index in [9.17, 15) is 0 Å². The maximum absolute atomic E-state index is 5.77. The summed E-state index contributed by atoms with van der Waals surface area (Å²) in [6, 6.07) is 3.66. The van der Waals surface area contributed by atoms with Gasteiger partial charge in [-0.25, -0.2) is 9.97 Å². The molecule has 2 N–H and O–H groups in total. The first kappa shape index (κ1) is 10.7. The molecule has 0 spiro atoms. The van der Waals surface area contributed by atoms with E-state index in [1.54, 1.807) is 24.2 Å². The lowest BCUT2D eigenvalue weighted by atomic mass is 10.4. The molecular formula is C9H8ClN3S2. The maximum atomic E-state index is 5.77. The standard InChI is InChI=1S/C9H8ClN3S2/c10-9-13-4-6(15-9)5-14-8-7(11)2-1-3-12-8/h1-4H,5,11H2. The smallest absolute Gasteiger partial charge is 0.183 e. The summed E-state index contributed by atoms with van der Waals surface area (Å²) in [6.45, 7) is 0. The summed E-state index contributed by atoms with van der Waals surface area (Å²) >= 11 is 8.80. The van der Waals surface area contributed by atoms with E-state index in [1.807, 2.05) is 12.1 Å². The van der Waals surface area contributed by atoms with Crippen molar-refractivity contribution in [2.45, 2.75) is 10.8 Å². The third-order valence-electron chi connectivity index (χ3n) is 1.68. The molecular weight excluding hydrogens is 250 g/mol. The highest BCUT2D eigenvalue weighted by Crippen LogP contribution is 2.28. The van der Waals surface area contributed by atoms with Gasteiger partial charge in [0.2, 0.25) is 0 Å². The van der Waals surface area contributed by atoms with Crippen LogP contribution in [0.3, 0.4) is 0 Å². The van der Waals surface area contributed by atoms with Gasteiger partial charge in [0.15, 0.2) is 4.47 Å². The summed E-state index contributed by atoms with van der Waals surface area (Å²) in [5.41, 5.74) is 6.47. The second kappa shape index (κ2) is 4.83. The van der Waals surface area contributed by atoms with Crippen molar-refractivity contribution >= 4 is 40.4 Å². The second-order valence-corrected chi connectivity index (χ2v) is 5.43. The van der Waals surface area contributed by atoms with Gasteiger partial charge in [-0.15, -0.1) is 11.3 Å². The predicted molar refractivity (Wildman–Crippen MR) is 65.3 cm³/mol. The molecule has 2 aromatic rings. The number of nitrogen functional groups attached to an aromatic ring is 1. The topological polar surface area (TPSA) is 51.8 Å². The first-order valence-electron chi connectivity index (χ1n) is 4.19. The number of hydrogen-bond acceptors (Lipinski definition) is 5. The van der Waals surface area contributed by atoms with Crippen LogP contribution in [-0.4, -0.2) is 9.97 Å². The van der Waals surface area contributed by atoms with Crippen LogP contribution in [0, 0.1) is 0 Å². The van der Waals surface area contributed by atoms with Crippen molar-refractivity contribution in [3.05, 3.63) is 33.9 Å². The largest absolute Gasteiger partial charge is 0.397 e. The Morgan fingerprint density at radius 3 is 3.00 bits per heavy atom. The zero-order valence-corrected chi connectivity index (χ0v) is 10.1. The number of hydrogen-bond donors (Lipinski definition) is 1. The van der Waals surface area contributed by atoms with Crippen LogP contribution >= 0.6 is 34.7 Å². The molecule has 0 fully saturated rings. The van der Waals surface area contributed by atoms with E-state index in [0.717, 1.165) is 15.7 Å². The fourth-order valence-corrected chi connectivity index (χ4v) is 2.92. The fourth-order valence-electron chi connectivity index (χ4n) is 1.01. The van der Waals surface area contributed by atoms with E-state index in [0.29, 0.717) is 10.2 Å². The van der Waals surface area contributed by atoms with Crippen LogP contribution < -0.4 is 5.73 Å². The Morgan fingerprint density at radius 1 is 1.47 bits per heavy atom. The lowest BCUT2D eigenvalue weighted by Gasteiger charge is -2.01. The lowest BCUT2D eigenvalue weighted by Crippen LogP contribution is -1.90. The molecule has 0 aliphatic carbocycles. The van der Waals surface area contributed by atoms with Crippen molar-refractivity contribution in [2.24, 2.45) is 0 Å². The molecule has 3 nitrogen and oxygen atoms in total. The average molecular weight is 258 g/mol. The van der Waals surface area contributed by atoms with Crippen LogP contribution in [0.2, 0.25) is 4.47 Å². The summed E-state index contributed by atoms with van der Waals surface area (Å²) in [5, 5.41) is 0.849. The normalized spacial score (nSPS) is 10.5. The quantitative estimate of drug-likeness (QED) is 0.859. The molecule has 6 heteroatoms. The van der Waals surface area contributed by atoms with Gasteiger partial charge in [0, 0.05) is 23.0 Å². The van der Waals surface area contributed by atoms with Gasteiger partial charge in [-0.1, -0.05) is 23.4 Å². The van der Waals surface area contributed by atoms with Crippen LogP contribution in [-0.2, 0) is 5.75 Å². The number of anilines is 1. The van der Waals surface area contributed by atoms with Crippen molar-refractivity contribution in [2.75, 3.05) is 5.73 Å². The molecule has 0 radical (unpaired) electrons. The van der Waals surface area contributed by atoms with Gasteiger partial charge < -0.3 is 5.73 Å². The molecule has 0 atom stereocenters. The van der Waals surface area contributed by atoms with Crippen molar-refractivity contribution in [3.8, 4) is 0 Å². The Bertz CT molecular complexity index is 458. The van der Waals surface area contributed by atoms with Crippen molar-refractivity contribution in [3.63, 3.8) is 0 Å². The molecule has 0 aliphatic heterocycles. The van der Waals surface area contributed by atoms with Gasteiger partial charge in [0.25, 0.3) is 0 Å². The van der Waals surface area contributed by atoms with Gasteiger partial charge in [-0.3, -0.25) is 0 Å². The average Bonchev–Trinajstić information content (AvgIpc) is 2.63. The molecule has 2 aromatic heterocycles. The fraction of sp³-hybridized carbons (Fsp3) is 0.111. The van der Waals surface area contributed by atoms with Crippen molar-refractivity contribution < 1.29 is 0 Å². The molecule has 15 heavy (non-hydrogen) atoms. The molecule has 2 heterocycles. The van der Waals surface area contributed by atoms with Crippen LogP contribution in [0.4, 0.5) is 5.69 Å². The first-order chi connectivity index (χ1) is 7.25. The molecule has 0 bridgehead atoms. The monoisotopic (exact) mass is 257 g/mol.